The molecule has 2 rings (SSSR count). The molecule has 22 heavy (non-hydrogen) atoms. The first-order valence-electron chi connectivity index (χ1n) is 7.26. The quantitative estimate of drug-likeness (QED) is 0.831. The molecular weight excluding hydrogens is 287 g/mol. The van der Waals surface area contributed by atoms with Crippen LogP contribution < -0.4 is 10.6 Å². The number of hydrogen-bond donors (Lipinski definition) is 2. The Balaban J connectivity index is 2.21. The van der Waals surface area contributed by atoms with Crippen LogP contribution in [0.3, 0.4) is 0 Å². The molecule has 1 heterocycles. The highest BCUT2D eigenvalue weighted by atomic mass is 19.1. The maximum Gasteiger partial charge on any atom is 0.323 e. The van der Waals surface area contributed by atoms with Gasteiger partial charge in [0.05, 0.1) is 6.61 Å². The predicted octanol–water partition coefficient (Wildman–Crippen LogP) is 1.69. The van der Waals surface area contributed by atoms with Gasteiger partial charge in [-0.25, -0.2) is 4.39 Å². The molecule has 1 aromatic carbocycles. The van der Waals surface area contributed by atoms with Gasteiger partial charge in [-0.1, -0.05) is 12.1 Å². The van der Waals surface area contributed by atoms with Gasteiger partial charge >= 0.3 is 5.97 Å². The Hall–Kier alpha value is -1.95. The van der Waals surface area contributed by atoms with E-state index in [0.29, 0.717) is 18.6 Å². The molecule has 2 N–H and O–H groups in total. The van der Waals surface area contributed by atoms with Gasteiger partial charge in [-0.15, -0.1) is 0 Å². The molecule has 0 aromatic heterocycles. The van der Waals surface area contributed by atoms with Gasteiger partial charge < -0.3 is 10.1 Å². The van der Waals surface area contributed by atoms with Crippen LogP contribution in [0, 0.1) is 5.82 Å². The number of rotatable bonds is 4. The number of amides is 1. The lowest BCUT2D eigenvalue weighted by atomic mass is 10.0. The lowest BCUT2D eigenvalue weighted by molar-refractivity contribution is -0.140. The van der Waals surface area contributed by atoms with E-state index in [1.54, 1.807) is 0 Å². The highest BCUT2D eigenvalue weighted by Crippen LogP contribution is 2.19. The molecule has 1 fully saturated rings. The number of cyclic esters (lactones) is 1. The van der Waals surface area contributed by atoms with Gasteiger partial charge in [0.1, 0.15) is 17.9 Å². The summed E-state index contributed by atoms with van der Waals surface area (Å²) in [5, 5.41) is 5.89. The molecule has 1 aliphatic heterocycles. The fraction of sp³-hybridized carbons (Fsp3) is 0.500. The maximum absolute atomic E-state index is 13.1. The van der Waals surface area contributed by atoms with Gasteiger partial charge in [0, 0.05) is 12.0 Å². The third kappa shape index (κ3) is 4.27. The van der Waals surface area contributed by atoms with Crippen LogP contribution in [0.25, 0.3) is 0 Å². The number of carbonyl (C=O) groups is 2. The topological polar surface area (TPSA) is 67.4 Å². The van der Waals surface area contributed by atoms with Crippen LogP contribution in [0.5, 0.6) is 0 Å². The summed E-state index contributed by atoms with van der Waals surface area (Å²) in [5.74, 6) is -1.01. The predicted molar refractivity (Wildman–Crippen MR) is 79.5 cm³/mol. The summed E-state index contributed by atoms with van der Waals surface area (Å²) in [4.78, 5) is 24.1. The van der Waals surface area contributed by atoms with Crippen LogP contribution in [-0.4, -0.2) is 30.1 Å². The van der Waals surface area contributed by atoms with Gasteiger partial charge in [0.2, 0.25) is 5.91 Å². The molecular formula is C16H21FN2O3. The number of hydrogen-bond acceptors (Lipinski definition) is 4. The van der Waals surface area contributed by atoms with Crippen molar-refractivity contribution < 1.29 is 18.7 Å². The van der Waals surface area contributed by atoms with Crippen LogP contribution in [-0.2, 0) is 14.3 Å². The largest absolute Gasteiger partial charge is 0.464 e. The molecule has 1 saturated heterocycles. The summed E-state index contributed by atoms with van der Waals surface area (Å²) in [6.07, 6.45) is 0.513. The summed E-state index contributed by atoms with van der Waals surface area (Å²) in [5.41, 5.74) is 0.190. The van der Waals surface area contributed by atoms with Gasteiger partial charge in [-0.05, 0) is 38.5 Å². The molecule has 1 aliphatic rings. The lowest BCUT2D eigenvalue weighted by Gasteiger charge is -2.27. The van der Waals surface area contributed by atoms with Crippen molar-refractivity contribution in [1.82, 2.24) is 10.6 Å². The summed E-state index contributed by atoms with van der Waals surface area (Å²) in [7, 11) is 0. The normalized spacial score (nSPS) is 19.6. The molecule has 0 bridgehead atoms. The summed E-state index contributed by atoms with van der Waals surface area (Å²) >= 11 is 0. The van der Waals surface area contributed by atoms with Crippen molar-refractivity contribution in [3.05, 3.63) is 35.6 Å². The smallest absolute Gasteiger partial charge is 0.323 e. The fourth-order valence-corrected chi connectivity index (χ4v) is 2.27. The monoisotopic (exact) mass is 308 g/mol. The third-order valence-corrected chi connectivity index (χ3v) is 3.27. The minimum Gasteiger partial charge on any atom is -0.464 e. The van der Waals surface area contributed by atoms with E-state index < -0.39 is 17.6 Å². The number of esters is 1. The van der Waals surface area contributed by atoms with Crippen molar-refractivity contribution in [3.8, 4) is 0 Å². The van der Waals surface area contributed by atoms with Crippen molar-refractivity contribution in [2.75, 3.05) is 6.61 Å². The Morgan fingerprint density at radius 2 is 1.95 bits per heavy atom. The molecule has 2 atom stereocenters. The molecule has 120 valence electrons. The van der Waals surface area contributed by atoms with Crippen LogP contribution in [0.1, 0.15) is 38.8 Å². The standard InChI is InChI=1S/C16H21FN2O3/c1-16(2,3)19-14(20)13(10-4-6-11(17)7-5-10)18-12-8-9-22-15(12)21/h4-7,12-13,18H,8-9H2,1-3H3,(H,19,20)/t12-,13?/m0/s1. The van der Waals surface area contributed by atoms with Crippen molar-refractivity contribution >= 4 is 11.9 Å². The second-order valence-electron chi connectivity index (χ2n) is 6.40. The molecule has 0 radical (unpaired) electrons. The zero-order chi connectivity index (χ0) is 16.3. The van der Waals surface area contributed by atoms with Crippen molar-refractivity contribution in [1.29, 1.82) is 0 Å². The van der Waals surface area contributed by atoms with E-state index in [1.807, 2.05) is 20.8 Å². The summed E-state index contributed by atoms with van der Waals surface area (Å²) in [6, 6.07) is 4.39. The van der Waals surface area contributed by atoms with E-state index >= 15 is 0 Å². The Bertz CT molecular complexity index is 552. The second kappa shape index (κ2) is 6.44. The molecule has 1 amide bonds. The average molecular weight is 308 g/mol. The van der Waals surface area contributed by atoms with Crippen molar-refractivity contribution in [3.63, 3.8) is 0 Å². The molecule has 6 heteroatoms. The van der Waals surface area contributed by atoms with E-state index in [9.17, 15) is 14.0 Å². The van der Waals surface area contributed by atoms with Gasteiger partial charge in [-0.3, -0.25) is 14.9 Å². The molecule has 1 aromatic rings. The van der Waals surface area contributed by atoms with E-state index in [2.05, 4.69) is 10.6 Å². The minimum absolute atomic E-state index is 0.265. The fourth-order valence-electron chi connectivity index (χ4n) is 2.27. The molecule has 1 unspecified atom stereocenters. The second-order valence-corrected chi connectivity index (χ2v) is 6.40. The van der Waals surface area contributed by atoms with Crippen molar-refractivity contribution in [2.45, 2.75) is 44.8 Å². The van der Waals surface area contributed by atoms with Crippen LogP contribution in [0.2, 0.25) is 0 Å². The highest BCUT2D eigenvalue weighted by Gasteiger charge is 2.33. The molecule has 0 spiro atoms. The maximum atomic E-state index is 13.1. The first-order valence-corrected chi connectivity index (χ1v) is 7.26. The third-order valence-electron chi connectivity index (χ3n) is 3.27. The van der Waals surface area contributed by atoms with Crippen LogP contribution >= 0.6 is 0 Å². The Morgan fingerprint density at radius 1 is 1.32 bits per heavy atom. The molecule has 0 aliphatic carbocycles. The summed E-state index contributed by atoms with van der Waals surface area (Å²) in [6.45, 7) is 5.96. The van der Waals surface area contributed by atoms with Gasteiger partial charge in [0.15, 0.2) is 0 Å². The zero-order valence-electron chi connectivity index (χ0n) is 13.0. The van der Waals surface area contributed by atoms with Crippen LogP contribution in [0.15, 0.2) is 24.3 Å². The van der Waals surface area contributed by atoms with Gasteiger partial charge in [0.25, 0.3) is 0 Å². The number of halogens is 1. The number of ether oxygens (including phenoxy) is 1. The SMILES string of the molecule is CC(C)(C)NC(=O)C(N[C@H]1CCOC1=O)c1ccc(F)cc1. The van der Waals surface area contributed by atoms with Crippen LogP contribution in [0.4, 0.5) is 4.39 Å². The number of carbonyl (C=O) groups excluding carboxylic acids is 2. The zero-order valence-corrected chi connectivity index (χ0v) is 13.0. The average Bonchev–Trinajstić information content (AvgIpc) is 2.80. The first kappa shape index (κ1) is 16.4. The van der Waals surface area contributed by atoms with Crippen molar-refractivity contribution in [2.24, 2.45) is 0 Å². The number of nitrogens with one attached hydrogen (secondary N) is 2. The Labute approximate surface area is 129 Å². The highest BCUT2D eigenvalue weighted by molar-refractivity contribution is 5.85. The Morgan fingerprint density at radius 3 is 2.45 bits per heavy atom. The van der Waals surface area contributed by atoms with E-state index in [-0.39, 0.29) is 17.7 Å². The summed E-state index contributed by atoms with van der Waals surface area (Å²) < 4.78 is 18.0. The molecule has 0 saturated carbocycles. The van der Waals surface area contributed by atoms with E-state index in [4.69, 9.17) is 4.74 Å². The minimum atomic E-state index is -0.740. The van der Waals surface area contributed by atoms with E-state index in [0.717, 1.165) is 0 Å². The first-order chi connectivity index (χ1) is 10.3. The van der Waals surface area contributed by atoms with E-state index in [1.165, 1.54) is 24.3 Å². The van der Waals surface area contributed by atoms with Gasteiger partial charge in [-0.2, -0.15) is 0 Å². The molecule has 5 nitrogen and oxygen atoms in total. The Kier molecular flexibility index (Phi) is 4.81. The lowest BCUT2D eigenvalue weighted by Crippen LogP contribution is -2.49. The number of benzene rings is 1.